The highest BCUT2D eigenvalue weighted by atomic mass is 35.5. The molecule has 1 aliphatic rings. The van der Waals surface area contributed by atoms with E-state index in [4.69, 9.17) is 11.6 Å². The van der Waals surface area contributed by atoms with Crippen molar-refractivity contribution in [3.8, 4) is 0 Å². The maximum absolute atomic E-state index is 12.3. The molecule has 2 N–H and O–H groups in total. The Morgan fingerprint density at radius 2 is 2.23 bits per heavy atom. The summed E-state index contributed by atoms with van der Waals surface area (Å²) in [5, 5.41) is 11.1. The van der Waals surface area contributed by atoms with Gasteiger partial charge < -0.3 is 10.0 Å². The number of hydrogen-bond acceptors (Lipinski definition) is 6. The van der Waals surface area contributed by atoms with Gasteiger partial charge in [-0.15, -0.1) is 0 Å². The Morgan fingerprint density at radius 1 is 1.37 bits per heavy atom. The van der Waals surface area contributed by atoms with Crippen molar-refractivity contribution in [2.75, 3.05) is 18.1 Å². The molecule has 2 aromatic rings. The van der Waals surface area contributed by atoms with Crippen LogP contribution in [-0.4, -0.2) is 55.5 Å². The number of thioether (sulfide) groups is 1. The van der Waals surface area contributed by atoms with E-state index in [1.165, 1.54) is 0 Å². The van der Waals surface area contributed by atoms with Gasteiger partial charge in [-0.3, -0.25) is 14.6 Å². The third-order valence-electron chi connectivity index (χ3n) is 5.31. The predicted octanol–water partition coefficient (Wildman–Crippen LogP) is 3.53. The lowest BCUT2D eigenvalue weighted by Crippen LogP contribution is -2.35. The summed E-state index contributed by atoms with van der Waals surface area (Å²) in [5.41, 5.74) is 1.03. The largest absolute Gasteiger partial charge is 0.393 e. The van der Waals surface area contributed by atoms with Crippen LogP contribution in [0.3, 0.4) is 0 Å². The maximum Gasteiger partial charge on any atom is 0.323 e. The first kappa shape index (κ1) is 23.3. The van der Waals surface area contributed by atoms with E-state index < -0.39 is 6.10 Å². The van der Waals surface area contributed by atoms with Crippen molar-refractivity contribution in [3.05, 3.63) is 50.3 Å². The maximum atomic E-state index is 12.3. The Hall–Kier alpha value is -1.35. The average molecular weight is 470 g/mol. The number of carbonyl (C=O) groups excluding carboxylic acids is 1. The van der Waals surface area contributed by atoms with Crippen LogP contribution >= 0.6 is 34.9 Å². The number of nitrogens with zero attached hydrogens (tertiary/aromatic N) is 2. The minimum Gasteiger partial charge on any atom is -0.393 e. The van der Waals surface area contributed by atoms with Gasteiger partial charge in [-0.05, 0) is 55.6 Å². The fourth-order valence-corrected chi connectivity index (χ4v) is 5.38. The minimum atomic E-state index is -0.424. The molecule has 0 saturated carbocycles. The second-order valence-electron chi connectivity index (χ2n) is 7.60. The van der Waals surface area contributed by atoms with Crippen LogP contribution in [0.1, 0.15) is 43.5 Å². The number of aliphatic hydroxyl groups excluding tert-OH is 1. The molecule has 2 atom stereocenters. The minimum absolute atomic E-state index is 0.103. The number of H-pyrrole nitrogens is 1. The summed E-state index contributed by atoms with van der Waals surface area (Å²) in [7, 11) is 0. The highest BCUT2D eigenvalue weighted by molar-refractivity contribution is 7.99. The molecule has 0 radical (unpaired) electrons. The van der Waals surface area contributed by atoms with Crippen molar-refractivity contribution in [1.29, 1.82) is 0 Å². The third kappa shape index (κ3) is 7.41. The molecule has 3 rings (SSSR count). The van der Waals surface area contributed by atoms with Crippen molar-refractivity contribution in [2.24, 2.45) is 0 Å². The van der Waals surface area contributed by atoms with Crippen LogP contribution in [0.15, 0.2) is 29.1 Å². The van der Waals surface area contributed by atoms with Crippen LogP contribution in [0, 0.1) is 0 Å². The van der Waals surface area contributed by atoms with Crippen molar-refractivity contribution >= 4 is 40.8 Å². The summed E-state index contributed by atoms with van der Waals surface area (Å²) in [6, 6.07) is 7.82. The molecule has 1 aliphatic heterocycles. The summed E-state index contributed by atoms with van der Waals surface area (Å²) in [4.78, 5) is 28.0. The summed E-state index contributed by atoms with van der Waals surface area (Å²) in [6.45, 7) is 0.756. The monoisotopic (exact) mass is 469 g/mol. The SMILES string of the molecule is O=C1CC[C@H](CC[C@@H](O)Cc2cccc(Cl)c2)N1CCSCCCc1nsc(=O)[nH]1. The van der Waals surface area contributed by atoms with Gasteiger partial charge in [-0.2, -0.15) is 16.1 Å². The van der Waals surface area contributed by atoms with E-state index in [9.17, 15) is 14.7 Å². The molecule has 2 heterocycles. The number of benzene rings is 1. The molecule has 0 spiro atoms. The molecule has 0 bridgehead atoms. The molecule has 0 unspecified atom stereocenters. The summed E-state index contributed by atoms with van der Waals surface area (Å²) in [5.74, 6) is 2.87. The number of rotatable bonds is 12. The molecule has 1 amide bonds. The fourth-order valence-electron chi connectivity index (χ4n) is 3.80. The second kappa shape index (κ2) is 11.9. The Labute approximate surface area is 190 Å². The molecular formula is C21H28ClN3O3S2. The van der Waals surface area contributed by atoms with Gasteiger partial charge in [0.1, 0.15) is 5.82 Å². The molecule has 9 heteroatoms. The predicted molar refractivity (Wildman–Crippen MR) is 124 cm³/mol. The molecule has 30 heavy (non-hydrogen) atoms. The standard InChI is InChI=1S/C21H28ClN3O3S2/c22-16-4-1-3-15(13-16)14-18(26)8-6-17-7-9-20(27)25(17)10-12-29-11-2-5-19-23-21(28)30-24-19/h1,3-4,13,17-18,26H,2,5-12,14H2,(H,23,24,28)/t17-,18+/m0/s1. The zero-order valence-corrected chi connectivity index (χ0v) is 19.3. The number of halogens is 1. The zero-order valence-electron chi connectivity index (χ0n) is 16.9. The van der Waals surface area contributed by atoms with E-state index in [1.807, 2.05) is 40.9 Å². The lowest BCUT2D eigenvalue weighted by Gasteiger charge is -2.25. The smallest absolute Gasteiger partial charge is 0.323 e. The van der Waals surface area contributed by atoms with Crippen LogP contribution in [0.5, 0.6) is 0 Å². The molecule has 1 fully saturated rings. The average Bonchev–Trinajstić information content (AvgIpc) is 3.28. The van der Waals surface area contributed by atoms with Gasteiger partial charge in [-0.1, -0.05) is 23.7 Å². The van der Waals surface area contributed by atoms with Crippen LogP contribution in [-0.2, 0) is 17.6 Å². The Bertz CT molecular complexity index is 873. The lowest BCUT2D eigenvalue weighted by atomic mass is 10.0. The van der Waals surface area contributed by atoms with Gasteiger partial charge in [-0.25, -0.2) is 0 Å². The first-order valence-electron chi connectivity index (χ1n) is 10.4. The lowest BCUT2D eigenvalue weighted by molar-refractivity contribution is -0.128. The number of aromatic amines is 1. The second-order valence-corrected chi connectivity index (χ2v) is 10.00. The van der Waals surface area contributed by atoms with E-state index in [-0.39, 0.29) is 16.8 Å². The van der Waals surface area contributed by atoms with Crippen LogP contribution < -0.4 is 4.87 Å². The van der Waals surface area contributed by atoms with E-state index >= 15 is 0 Å². The van der Waals surface area contributed by atoms with Gasteiger partial charge in [0.25, 0.3) is 0 Å². The summed E-state index contributed by atoms with van der Waals surface area (Å²) >= 11 is 8.80. The number of carbonyl (C=O) groups is 1. The van der Waals surface area contributed by atoms with Crippen LogP contribution in [0.2, 0.25) is 5.02 Å². The van der Waals surface area contributed by atoms with Gasteiger partial charge in [0.15, 0.2) is 0 Å². The first-order chi connectivity index (χ1) is 14.5. The van der Waals surface area contributed by atoms with Crippen LogP contribution in [0.4, 0.5) is 0 Å². The molecule has 6 nitrogen and oxygen atoms in total. The van der Waals surface area contributed by atoms with Gasteiger partial charge in [0, 0.05) is 47.7 Å². The molecule has 1 aromatic heterocycles. The molecule has 164 valence electrons. The van der Waals surface area contributed by atoms with Crippen molar-refractivity contribution in [1.82, 2.24) is 14.3 Å². The molecule has 1 saturated heterocycles. The van der Waals surface area contributed by atoms with Crippen LogP contribution in [0.25, 0.3) is 0 Å². The van der Waals surface area contributed by atoms with Crippen molar-refractivity contribution in [3.63, 3.8) is 0 Å². The molecule has 0 aliphatic carbocycles. The number of amides is 1. The quantitative estimate of drug-likeness (QED) is 0.464. The third-order valence-corrected chi connectivity index (χ3v) is 7.17. The topological polar surface area (TPSA) is 86.3 Å². The summed E-state index contributed by atoms with van der Waals surface area (Å²) in [6.07, 6.45) is 4.89. The highest BCUT2D eigenvalue weighted by Crippen LogP contribution is 2.24. The molecule has 1 aromatic carbocycles. The number of nitrogens with one attached hydrogen (secondary N) is 1. The number of aliphatic hydroxyl groups is 1. The molecular weight excluding hydrogens is 442 g/mol. The Balaban J connectivity index is 1.33. The van der Waals surface area contributed by atoms with Crippen molar-refractivity contribution in [2.45, 2.75) is 57.1 Å². The number of aromatic nitrogens is 2. The number of hydrogen-bond donors (Lipinski definition) is 2. The Kier molecular flexibility index (Phi) is 9.24. The number of likely N-dealkylation sites (tertiary alicyclic amines) is 1. The van der Waals surface area contributed by atoms with Gasteiger partial charge >= 0.3 is 4.87 Å². The van der Waals surface area contributed by atoms with Gasteiger partial charge in [0.05, 0.1) is 6.10 Å². The van der Waals surface area contributed by atoms with Gasteiger partial charge in [0.2, 0.25) is 5.91 Å². The van der Waals surface area contributed by atoms with E-state index in [0.717, 1.165) is 66.7 Å². The normalized spacial score (nSPS) is 17.6. The van der Waals surface area contributed by atoms with Crippen molar-refractivity contribution < 1.29 is 9.90 Å². The first-order valence-corrected chi connectivity index (χ1v) is 12.7. The zero-order chi connectivity index (χ0) is 21.3. The summed E-state index contributed by atoms with van der Waals surface area (Å²) < 4.78 is 4.07. The van der Waals surface area contributed by atoms with E-state index in [1.54, 1.807) is 0 Å². The number of aryl methyl sites for hydroxylation is 1. The van der Waals surface area contributed by atoms with E-state index in [2.05, 4.69) is 9.36 Å². The van der Waals surface area contributed by atoms with E-state index in [0.29, 0.717) is 24.3 Å². The Morgan fingerprint density at radius 3 is 3.00 bits per heavy atom. The highest BCUT2D eigenvalue weighted by Gasteiger charge is 2.30. The fraction of sp³-hybridized carbons (Fsp3) is 0.571.